The molecule has 300 valence electrons. The predicted octanol–water partition coefficient (Wildman–Crippen LogP) is 4.57. The molecule has 15 nitrogen and oxygen atoms in total. The van der Waals surface area contributed by atoms with Gasteiger partial charge in [0.2, 0.25) is 27.4 Å². The number of nitrogens with one attached hydrogen (secondary N) is 3. The van der Waals surface area contributed by atoms with E-state index in [0.29, 0.717) is 47.7 Å². The zero-order valence-electron chi connectivity index (χ0n) is 31.5. The fraction of sp³-hybridized carbons (Fsp3) is 0.450. The van der Waals surface area contributed by atoms with Crippen molar-refractivity contribution < 1.29 is 45.9 Å². The van der Waals surface area contributed by atoms with E-state index < -0.39 is 74.5 Å². The summed E-state index contributed by atoms with van der Waals surface area (Å²) in [6.45, 7) is 1.77. The van der Waals surface area contributed by atoms with Gasteiger partial charge in [0, 0.05) is 23.3 Å². The van der Waals surface area contributed by atoms with E-state index in [1.165, 1.54) is 24.1 Å². The lowest BCUT2D eigenvalue weighted by atomic mass is 10.1. The molecule has 2 saturated carbocycles. The van der Waals surface area contributed by atoms with Gasteiger partial charge in [-0.3, -0.25) is 19.1 Å². The number of aromatic nitrogens is 2. The highest BCUT2D eigenvalue weighted by Gasteiger charge is 2.62. The normalized spacial score (nSPS) is 25.5. The van der Waals surface area contributed by atoms with Crippen molar-refractivity contribution in [3.05, 3.63) is 66.0 Å². The number of rotatable bonds is 7. The number of fused-ring (bicyclic) bond motifs is 5. The molecule has 2 aromatic carbocycles. The van der Waals surface area contributed by atoms with E-state index in [4.69, 9.17) is 23.9 Å². The molecule has 4 aliphatic rings. The maximum Gasteiger partial charge on any atom is 0.407 e. The Kier molecular flexibility index (Phi) is 10.1. The Labute approximate surface area is 327 Å². The lowest BCUT2D eigenvalue weighted by Crippen LogP contribution is -2.58. The fourth-order valence-electron chi connectivity index (χ4n) is 7.80. The highest BCUT2D eigenvalue weighted by molar-refractivity contribution is 7.91. The van der Waals surface area contributed by atoms with Crippen LogP contribution in [0.1, 0.15) is 63.4 Å². The predicted molar refractivity (Wildman–Crippen MR) is 205 cm³/mol. The lowest BCUT2D eigenvalue weighted by molar-refractivity contribution is -0.141. The zero-order chi connectivity index (χ0) is 40.1. The fourth-order valence-corrected chi connectivity index (χ4v) is 9.16. The summed E-state index contributed by atoms with van der Waals surface area (Å²) in [6.07, 6.45) is 6.13. The third-order valence-electron chi connectivity index (χ3n) is 11.2. The number of carbonyl (C=O) groups is 4. The Hall–Kier alpha value is -5.58. The minimum atomic E-state index is -3.93. The summed E-state index contributed by atoms with van der Waals surface area (Å²) in [4.78, 5) is 65.9. The van der Waals surface area contributed by atoms with Crippen LogP contribution in [-0.2, 0) is 29.1 Å². The first-order chi connectivity index (χ1) is 27.4. The van der Waals surface area contributed by atoms with E-state index in [-0.39, 0.29) is 43.1 Å². The molecule has 8 rings (SSSR count). The third kappa shape index (κ3) is 7.64. The molecule has 57 heavy (non-hydrogen) atoms. The summed E-state index contributed by atoms with van der Waals surface area (Å²) < 4.78 is 59.5. The zero-order valence-corrected chi connectivity index (χ0v) is 32.3. The molecule has 4 heterocycles. The van der Waals surface area contributed by atoms with Gasteiger partial charge >= 0.3 is 6.09 Å². The van der Waals surface area contributed by atoms with Crippen LogP contribution in [0.25, 0.3) is 33.5 Å². The Morgan fingerprint density at radius 1 is 1.04 bits per heavy atom. The number of hydrogen-bond acceptors (Lipinski definition) is 11. The molecule has 0 spiro atoms. The number of ether oxygens (including phenoxy) is 2. The van der Waals surface area contributed by atoms with Crippen LogP contribution < -0.4 is 20.1 Å². The molecule has 0 bridgehead atoms. The van der Waals surface area contributed by atoms with Crippen molar-refractivity contribution in [2.75, 3.05) is 13.7 Å². The van der Waals surface area contributed by atoms with Crippen LogP contribution in [0.15, 0.2) is 59.0 Å². The van der Waals surface area contributed by atoms with Gasteiger partial charge in [-0.1, -0.05) is 37.1 Å². The maximum absolute atomic E-state index is 14.5. The number of hydrogen-bond donors (Lipinski definition) is 3. The standard InChI is InChI=1S/C40H43FN6O9S/c1-22-9-8-11-28-31-33(56-32(22)28)36(44-34(43-31)23-13-15-25(41)16-14-23)55-26-19-30-35(48)45-40(38(50)46-57(52,53)27-17-18-27)20-24(40)10-6-4-3-5-7-12-29(42-39(51)54-2)37(49)47(30)21-26/h6,8-11,13-16,24,26-27,29-30H,3-5,7,12,17-21H2,1-2H3,(H,42,51)(H,45,48)(H,46,50)/t24-,26-,29+,30+,40-/m1/s1. The molecule has 2 aliphatic heterocycles. The van der Waals surface area contributed by atoms with Crippen LogP contribution in [0.5, 0.6) is 5.88 Å². The number of furan rings is 1. The molecule has 4 amide bonds. The number of nitrogens with zero attached hydrogens (tertiary/aromatic N) is 3. The van der Waals surface area contributed by atoms with E-state index in [9.17, 15) is 32.0 Å². The van der Waals surface area contributed by atoms with Crippen molar-refractivity contribution in [1.29, 1.82) is 0 Å². The van der Waals surface area contributed by atoms with E-state index in [0.717, 1.165) is 18.4 Å². The number of amides is 4. The lowest BCUT2D eigenvalue weighted by Gasteiger charge is -2.29. The summed E-state index contributed by atoms with van der Waals surface area (Å²) in [6, 6.07) is 9.03. The van der Waals surface area contributed by atoms with Crippen molar-refractivity contribution >= 4 is 55.9 Å². The van der Waals surface area contributed by atoms with Crippen LogP contribution in [-0.4, -0.2) is 89.7 Å². The van der Waals surface area contributed by atoms with Gasteiger partial charge in [-0.15, -0.1) is 0 Å². The Morgan fingerprint density at radius 2 is 1.82 bits per heavy atom. The topological polar surface area (TPSA) is 199 Å². The van der Waals surface area contributed by atoms with Crippen LogP contribution in [0.3, 0.4) is 0 Å². The maximum atomic E-state index is 14.5. The first kappa shape index (κ1) is 38.3. The largest absolute Gasteiger partial charge is 0.470 e. The highest BCUT2D eigenvalue weighted by Crippen LogP contribution is 2.46. The molecule has 2 aromatic heterocycles. The number of methoxy groups -OCH3 is 1. The summed E-state index contributed by atoms with van der Waals surface area (Å²) in [5.74, 6) is -2.71. The molecule has 0 radical (unpaired) electrons. The van der Waals surface area contributed by atoms with Gasteiger partial charge < -0.3 is 29.4 Å². The molecule has 3 N–H and O–H groups in total. The average molecular weight is 803 g/mol. The Balaban J connectivity index is 1.16. The van der Waals surface area contributed by atoms with E-state index in [1.54, 1.807) is 12.1 Å². The summed E-state index contributed by atoms with van der Waals surface area (Å²) in [5.41, 5.74) is 1.04. The van der Waals surface area contributed by atoms with Gasteiger partial charge in [-0.25, -0.2) is 22.6 Å². The second-order valence-corrected chi connectivity index (χ2v) is 17.2. The molecule has 4 aromatic rings. The first-order valence-corrected chi connectivity index (χ1v) is 20.7. The van der Waals surface area contributed by atoms with Crippen molar-refractivity contribution in [1.82, 2.24) is 30.2 Å². The van der Waals surface area contributed by atoms with Crippen molar-refractivity contribution in [2.45, 2.75) is 93.7 Å². The molecule has 3 fully saturated rings. The minimum absolute atomic E-state index is 0.0354. The molecule has 2 aliphatic carbocycles. The number of aryl methyl sites for hydroxylation is 1. The number of benzene rings is 2. The number of sulfonamides is 1. The van der Waals surface area contributed by atoms with Crippen molar-refractivity contribution in [3.8, 4) is 17.3 Å². The van der Waals surface area contributed by atoms with Gasteiger partial charge in [0.05, 0.1) is 18.9 Å². The second-order valence-electron chi connectivity index (χ2n) is 15.3. The minimum Gasteiger partial charge on any atom is -0.470 e. The summed E-state index contributed by atoms with van der Waals surface area (Å²) >= 11 is 0. The SMILES string of the molecule is COC(=O)N[C@H]1CCCCCC=C[C@@H]2C[C@@]2(C(=O)NS(=O)(=O)C2CC2)NC(=O)[C@@H]2C[C@@H](Oc3nc(-c4ccc(F)cc4)nc4c3oc3c(C)cccc34)CN2C1=O. The van der Waals surface area contributed by atoms with Crippen molar-refractivity contribution in [3.63, 3.8) is 0 Å². The highest BCUT2D eigenvalue weighted by atomic mass is 32.2. The smallest absolute Gasteiger partial charge is 0.407 e. The number of para-hydroxylation sites is 1. The van der Waals surface area contributed by atoms with E-state index in [1.807, 2.05) is 37.3 Å². The van der Waals surface area contributed by atoms with Gasteiger partial charge in [-0.05, 0) is 81.3 Å². The second kappa shape index (κ2) is 15.1. The summed E-state index contributed by atoms with van der Waals surface area (Å²) in [7, 11) is -2.74. The molecular weight excluding hydrogens is 760 g/mol. The van der Waals surface area contributed by atoms with Crippen LogP contribution in [0, 0.1) is 18.7 Å². The van der Waals surface area contributed by atoms with E-state index >= 15 is 0 Å². The monoisotopic (exact) mass is 802 g/mol. The van der Waals surface area contributed by atoms with Gasteiger partial charge in [0.1, 0.15) is 40.6 Å². The van der Waals surface area contributed by atoms with Gasteiger partial charge in [0.15, 0.2) is 5.82 Å². The van der Waals surface area contributed by atoms with Gasteiger partial charge in [0.25, 0.3) is 11.8 Å². The molecule has 0 unspecified atom stereocenters. The quantitative estimate of drug-likeness (QED) is 0.221. The first-order valence-electron chi connectivity index (χ1n) is 19.2. The van der Waals surface area contributed by atoms with Crippen LogP contribution >= 0.6 is 0 Å². The molecule has 17 heteroatoms. The van der Waals surface area contributed by atoms with Gasteiger partial charge in [-0.2, -0.15) is 4.98 Å². The molecular formula is C40H43FN6O9S. The number of carbonyl (C=O) groups excluding carboxylic acids is 4. The van der Waals surface area contributed by atoms with Crippen LogP contribution in [0.2, 0.25) is 0 Å². The number of allylic oxidation sites excluding steroid dienone is 1. The Bertz CT molecular complexity index is 2400. The molecule has 5 atom stereocenters. The third-order valence-corrected chi connectivity index (χ3v) is 13.0. The number of halogens is 1. The average Bonchev–Trinajstić information content (AvgIpc) is 4.09. The van der Waals surface area contributed by atoms with Crippen molar-refractivity contribution in [2.24, 2.45) is 5.92 Å². The Morgan fingerprint density at radius 3 is 2.58 bits per heavy atom. The van der Waals surface area contributed by atoms with Crippen LogP contribution in [0.4, 0.5) is 9.18 Å². The number of alkyl carbamates (subject to hydrolysis) is 1. The van der Waals surface area contributed by atoms with E-state index in [2.05, 4.69) is 15.4 Å². The molecule has 1 saturated heterocycles. The summed E-state index contributed by atoms with van der Waals surface area (Å²) in [5, 5.41) is 5.52.